The molecule has 0 heterocycles. The van der Waals surface area contributed by atoms with Crippen LogP contribution < -0.4 is 10.5 Å². The van der Waals surface area contributed by atoms with Crippen molar-refractivity contribution < 1.29 is 13.2 Å². The zero-order valence-corrected chi connectivity index (χ0v) is 13.4. The van der Waals surface area contributed by atoms with E-state index in [1.807, 2.05) is 0 Å². The standard InChI is InChI=1S/C14H21ClN2O3S/c15-13-7-6-12(10-14(13)16)21(18,19)17-8-9-20-11-4-2-1-3-5-11/h6-7,10-11,17H,1-5,8-9,16H2. The first-order valence-corrected chi connectivity index (χ1v) is 9.01. The molecule has 5 nitrogen and oxygen atoms in total. The van der Waals surface area contributed by atoms with E-state index in [0.717, 1.165) is 12.8 Å². The van der Waals surface area contributed by atoms with Gasteiger partial charge in [-0.2, -0.15) is 0 Å². The first-order chi connectivity index (χ1) is 9.99. The van der Waals surface area contributed by atoms with Gasteiger partial charge in [0, 0.05) is 6.54 Å². The molecule has 2 rings (SSSR count). The van der Waals surface area contributed by atoms with Crippen LogP contribution in [0.25, 0.3) is 0 Å². The number of rotatable bonds is 6. The second-order valence-corrected chi connectivity index (χ2v) is 7.39. The molecule has 0 amide bonds. The number of halogens is 1. The van der Waals surface area contributed by atoms with Crippen LogP contribution in [0.15, 0.2) is 23.1 Å². The molecule has 0 saturated heterocycles. The van der Waals surface area contributed by atoms with Gasteiger partial charge in [-0.15, -0.1) is 0 Å². The minimum Gasteiger partial charge on any atom is -0.397 e. The van der Waals surface area contributed by atoms with E-state index in [1.165, 1.54) is 37.5 Å². The number of nitrogen functional groups attached to an aromatic ring is 1. The summed E-state index contributed by atoms with van der Waals surface area (Å²) in [6, 6.07) is 4.26. The van der Waals surface area contributed by atoms with Gasteiger partial charge in [0.1, 0.15) is 0 Å². The largest absolute Gasteiger partial charge is 0.397 e. The Balaban J connectivity index is 1.82. The average molecular weight is 333 g/mol. The van der Waals surface area contributed by atoms with Crippen molar-refractivity contribution >= 4 is 27.3 Å². The number of nitrogens with two attached hydrogens (primary N) is 1. The van der Waals surface area contributed by atoms with Gasteiger partial charge in [-0.25, -0.2) is 13.1 Å². The fraction of sp³-hybridized carbons (Fsp3) is 0.571. The molecule has 0 spiro atoms. The maximum absolute atomic E-state index is 12.1. The van der Waals surface area contributed by atoms with Crippen LogP contribution in [-0.2, 0) is 14.8 Å². The molecule has 118 valence electrons. The molecule has 0 radical (unpaired) electrons. The van der Waals surface area contributed by atoms with Gasteiger partial charge >= 0.3 is 0 Å². The quantitative estimate of drug-likeness (QED) is 0.619. The van der Waals surface area contributed by atoms with Crippen molar-refractivity contribution in [3.8, 4) is 0 Å². The fourth-order valence-electron chi connectivity index (χ4n) is 2.41. The number of sulfonamides is 1. The van der Waals surface area contributed by atoms with E-state index < -0.39 is 10.0 Å². The Morgan fingerprint density at radius 2 is 2.00 bits per heavy atom. The maximum atomic E-state index is 12.1. The Morgan fingerprint density at radius 3 is 2.67 bits per heavy atom. The van der Waals surface area contributed by atoms with Crippen molar-refractivity contribution in [3.05, 3.63) is 23.2 Å². The minimum absolute atomic E-state index is 0.113. The summed E-state index contributed by atoms with van der Waals surface area (Å²) in [6.07, 6.45) is 6.07. The number of hydrogen-bond donors (Lipinski definition) is 2. The normalized spacial score (nSPS) is 17.0. The summed E-state index contributed by atoms with van der Waals surface area (Å²) in [6.45, 7) is 0.633. The monoisotopic (exact) mass is 332 g/mol. The Morgan fingerprint density at radius 1 is 1.29 bits per heavy atom. The van der Waals surface area contributed by atoms with Gasteiger partial charge in [0.25, 0.3) is 0 Å². The number of anilines is 1. The highest BCUT2D eigenvalue weighted by Gasteiger charge is 2.16. The van der Waals surface area contributed by atoms with Crippen molar-refractivity contribution in [3.63, 3.8) is 0 Å². The summed E-state index contributed by atoms with van der Waals surface area (Å²) >= 11 is 5.78. The van der Waals surface area contributed by atoms with Crippen molar-refractivity contribution in [1.29, 1.82) is 0 Å². The molecule has 0 atom stereocenters. The van der Waals surface area contributed by atoms with Gasteiger partial charge in [0.15, 0.2) is 0 Å². The highest BCUT2D eigenvalue weighted by molar-refractivity contribution is 7.89. The van der Waals surface area contributed by atoms with E-state index in [9.17, 15) is 8.42 Å². The third-order valence-corrected chi connectivity index (χ3v) is 5.38. The molecule has 1 aliphatic rings. The van der Waals surface area contributed by atoms with E-state index in [0.29, 0.717) is 11.6 Å². The van der Waals surface area contributed by atoms with E-state index in [2.05, 4.69) is 4.72 Å². The molecule has 1 aliphatic carbocycles. The highest BCUT2D eigenvalue weighted by Crippen LogP contribution is 2.22. The summed E-state index contributed by atoms with van der Waals surface area (Å²) < 4.78 is 32.4. The lowest BCUT2D eigenvalue weighted by Gasteiger charge is -2.22. The predicted molar refractivity (Wildman–Crippen MR) is 83.9 cm³/mol. The summed E-state index contributed by atoms with van der Waals surface area (Å²) in [5.41, 5.74) is 5.87. The first-order valence-electron chi connectivity index (χ1n) is 7.15. The molecule has 0 bridgehead atoms. The summed E-state index contributed by atoms with van der Waals surface area (Å²) in [4.78, 5) is 0.113. The highest BCUT2D eigenvalue weighted by atomic mass is 35.5. The third-order valence-electron chi connectivity index (χ3n) is 3.58. The Labute approximate surface area is 130 Å². The van der Waals surface area contributed by atoms with Gasteiger partial charge < -0.3 is 10.5 Å². The first kappa shape index (κ1) is 16.5. The molecule has 1 aromatic carbocycles. The minimum atomic E-state index is -3.57. The average Bonchev–Trinajstić information content (AvgIpc) is 2.47. The van der Waals surface area contributed by atoms with E-state index in [1.54, 1.807) is 0 Å². The molecule has 21 heavy (non-hydrogen) atoms. The van der Waals surface area contributed by atoms with Gasteiger partial charge in [-0.1, -0.05) is 30.9 Å². The van der Waals surface area contributed by atoms with Crippen LogP contribution in [0.1, 0.15) is 32.1 Å². The molecule has 1 saturated carbocycles. The Kier molecular flexibility index (Phi) is 5.87. The summed E-state index contributed by atoms with van der Waals surface area (Å²) in [5, 5.41) is 0.342. The molecule has 0 unspecified atom stereocenters. The fourth-order valence-corrected chi connectivity index (χ4v) is 3.57. The summed E-state index contributed by atoms with van der Waals surface area (Å²) in [7, 11) is -3.57. The van der Waals surface area contributed by atoms with Crippen LogP contribution in [0.2, 0.25) is 5.02 Å². The molecule has 7 heteroatoms. The molecular weight excluding hydrogens is 312 g/mol. The van der Waals surface area contributed by atoms with Crippen LogP contribution in [0.5, 0.6) is 0 Å². The number of hydrogen-bond acceptors (Lipinski definition) is 4. The smallest absolute Gasteiger partial charge is 0.240 e. The van der Waals surface area contributed by atoms with Gasteiger partial charge in [0.2, 0.25) is 10.0 Å². The second kappa shape index (κ2) is 7.45. The van der Waals surface area contributed by atoms with Crippen LogP contribution >= 0.6 is 11.6 Å². The molecule has 0 aromatic heterocycles. The van der Waals surface area contributed by atoms with Gasteiger partial charge in [0.05, 0.1) is 28.3 Å². The Bertz CT molecular complexity index is 572. The van der Waals surface area contributed by atoms with Crippen molar-refractivity contribution in [1.82, 2.24) is 4.72 Å². The van der Waals surface area contributed by atoms with E-state index >= 15 is 0 Å². The van der Waals surface area contributed by atoms with Crippen LogP contribution in [0, 0.1) is 0 Å². The lowest BCUT2D eigenvalue weighted by Crippen LogP contribution is -2.29. The maximum Gasteiger partial charge on any atom is 0.240 e. The SMILES string of the molecule is Nc1cc(S(=O)(=O)NCCOC2CCCCC2)ccc1Cl. The Hall–Kier alpha value is -0.820. The number of benzene rings is 1. The third kappa shape index (κ3) is 4.85. The molecular formula is C14H21ClN2O3S. The molecule has 1 aromatic rings. The van der Waals surface area contributed by atoms with Crippen molar-refractivity contribution in [2.75, 3.05) is 18.9 Å². The number of nitrogens with one attached hydrogen (secondary N) is 1. The predicted octanol–water partition coefficient (Wildman–Crippen LogP) is 2.55. The molecule has 3 N–H and O–H groups in total. The van der Waals surface area contributed by atoms with Crippen molar-refractivity contribution in [2.24, 2.45) is 0 Å². The topological polar surface area (TPSA) is 81.4 Å². The van der Waals surface area contributed by atoms with Crippen molar-refractivity contribution in [2.45, 2.75) is 43.1 Å². The van der Waals surface area contributed by atoms with Crippen LogP contribution in [0.3, 0.4) is 0 Å². The van der Waals surface area contributed by atoms with Crippen LogP contribution in [0.4, 0.5) is 5.69 Å². The van der Waals surface area contributed by atoms with E-state index in [4.69, 9.17) is 22.1 Å². The molecule has 0 aliphatic heterocycles. The lowest BCUT2D eigenvalue weighted by molar-refractivity contribution is 0.0321. The van der Waals surface area contributed by atoms with Gasteiger partial charge in [-0.3, -0.25) is 0 Å². The zero-order valence-electron chi connectivity index (χ0n) is 11.8. The second-order valence-electron chi connectivity index (χ2n) is 5.21. The molecule has 1 fully saturated rings. The lowest BCUT2D eigenvalue weighted by atomic mass is 9.98. The van der Waals surface area contributed by atoms with Crippen LogP contribution in [-0.4, -0.2) is 27.7 Å². The zero-order chi connectivity index (χ0) is 15.3. The number of ether oxygens (including phenoxy) is 1. The van der Waals surface area contributed by atoms with E-state index in [-0.39, 0.29) is 23.2 Å². The summed E-state index contributed by atoms with van der Waals surface area (Å²) in [5.74, 6) is 0. The van der Waals surface area contributed by atoms with Gasteiger partial charge in [-0.05, 0) is 31.0 Å².